The normalized spacial score (nSPS) is 36.4. The Morgan fingerprint density at radius 1 is 1.11 bits per heavy atom. The number of hydrogen-bond acceptors (Lipinski definition) is 4. The Labute approximate surface area is 220 Å². The second-order valence-electron chi connectivity index (χ2n) is 13.2. The highest BCUT2D eigenvalue weighted by molar-refractivity contribution is 5.39. The molecule has 3 aliphatic rings. The molecule has 0 amide bonds. The monoisotopic (exact) mass is 502 g/mol. The second-order valence-corrected chi connectivity index (χ2v) is 13.2. The summed E-state index contributed by atoms with van der Waals surface area (Å²) in [7, 11) is 0. The molecule has 4 heteroatoms. The molecular formula is C32H54O4. The van der Waals surface area contributed by atoms with E-state index < -0.39 is 17.8 Å². The Kier molecular flexibility index (Phi) is 10.5. The summed E-state index contributed by atoms with van der Waals surface area (Å²) in [5.74, 6) is 1.88. The van der Waals surface area contributed by atoms with E-state index in [1.165, 1.54) is 32.1 Å². The lowest BCUT2D eigenvalue weighted by atomic mass is 9.60. The maximum absolute atomic E-state index is 10.9. The molecule has 7 atom stereocenters. The number of unbranched alkanes of at least 4 members (excludes halogenated alkanes) is 2. The second kappa shape index (κ2) is 12.7. The van der Waals surface area contributed by atoms with Gasteiger partial charge in [-0.05, 0) is 106 Å². The fourth-order valence-corrected chi connectivity index (χ4v) is 7.84. The number of hydrogen-bond donors (Lipinski definition) is 4. The van der Waals surface area contributed by atoms with Crippen LogP contribution in [0, 0.1) is 29.1 Å². The first-order chi connectivity index (χ1) is 17.0. The molecule has 0 aliphatic heterocycles. The maximum atomic E-state index is 10.9. The molecule has 3 saturated carbocycles. The molecule has 3 aliphatic carbocycles. The van der Waals surface area contributed by atoms with E-state index in [2.05, 4.69) is 32.6 Å². The Balaban J connectivity index is 1.65. The third kappa shape index (κ3) is 7.12. The third-order valence-electron chi connectivity index (χ3n) is 9.97. The summed E-state index contributed by atoms with van der Waals surface area (Å²) in [4.78, 5) is 0. The highest BCUT2D eigenvalue weighted by atomic mass is 16.3. The van der Waals surface area contributed by atoms with Crippen LogP contribution in [0.4, 0.5) is 0 Å². The lowest BCUT2D eigenvalue weighted by Gasteiger charge is -2.44. The van der Waals surface area contributed by atoms with Gasteiger partial charge in [0.25, 0.3) is 0 Å². The van der Waals surface area contributed by atoms with Crippen LogP contribution in [0.1, 0.15) is 111 Å². The van der Waals surface area contributed by atoms with Gasteiger partial charge in [-0.15, -0.1) is 0 Å². The fourth-order valence-electron chi connectivity index (χ4n) is 7.84. The standard InChI is InChI=1S/C32H54O4/c1-22(11-9-18-31(3,4)36)27-16-17-28-24(12-10-19-32(27,28)5)14-15-25-21-29(34)26(30(35)23(25)2)13-7-6-8-20-33/h14-15,22,26-30,33-36H,2,6-13,16-21H2,1,3-5H3/b24-14+,25-15+/t22-,26-,27-,28+,29-,30+,32-/m1/s1. The molecule has 0 aromatic heterocycles. The molecular weight excluding hydrogens is 448 g/mol. The molecule has 0 heterocycles. The smallest absolute Gasteiger partial charge is 0.0839 e. The molecule has 0 aromatic rings. The molecule has 0 radical (unpaired) electrons. The van der Waals surface area contributed by atoms with Crippen LogP contribution < -0.4 is 0 Å². The number of allylic oxidation sites excluding steroid dienone is 3. The Bertz CT molecular complexity index is 790. The quantitative estimate of drug-likeness (QED) is 0.244. The van der Waals surface area contributed by atoms with Gasteiger partial charge in [-0.25, -0.2) is 0 Å². The van der Waals surface area contributed by atoms with Crippen LogP contribution >= 0.6 is 0 Å². The first kappa shape index (κ1) is 29.6. The van der Waals surface area contributed by atoms with Crippen molar-refractivity contribution in [3.8, 4) is 0 Å². The topological polar surface area (TPSA) is 80.9 Å². The zero-order chi connectivity index (χ0) is 26.5. The zero-order valence-electron chi connectivity index (χ0n) is 23.5. The van der Waals surface area contributed by atoms with E-state index in [1.54, 1.807) is 5.57 Å². The van der Waals surface area contributed by atoms with Crippen LogP contribution in [0.2, 0.25) is 0 Å². The molecule has 0 unspecified atom stereocenters. The molecule has 0 bridgehead atoms. The van der Waals surface area contributed by atoms with E-state index in [-0.39, 0.29) is 12.5 Å². The Morgan fingerprint density at radius 3 is 2.56 bits per heavy atom. The molecule has 4 N–H and O–H groups in total. The van der Waals surface area contributed by atoms with E-state index in [0.29, 0.717) is 23.7 Å². The molecule has 3 fully saturated rings. The van der Waals surface area contributed by atoms with Crippen LogP contribution in [0.25, 0.3) is 0 Å². The highest BCUT2D eigenvalue weighted by Crippen LogP contribution is 2.60. The van der Waals surface area contributed by atoms with Gasteiger partial charge in [0.1, 0.15) is 0 Å². The van der Waals surface area contributed by atoms with Crippen molar-refractivity contribution >= 4 is 0 Å². The maximum Gasteiger partial charge on any atom is 0.0839 e. The SMILES string of the molecule is C=C1/C(=C/C=C2\CCC[C@]3(C)[C@@H]([C@H](C)CCCC(C)(C)O)CC[C@@H]23)C[C@@H](O)[C@@H](CCCCCO)[C@H]1O. The first-order valence-corrected chi connectivity index (χ1v) is 14.8. The van der Waals surface area contributed by atoms with Crippen molar-refractivity contribution in [1.82, 2.24) is 0 Å². The average molecular weight is 503 g/mol. The lowest BCUT2D eigenvalue weighted by Crippen LogP contribution is -2.38. The molecule has 0 saturated heterocycles. The predicted octanol–water partition coefficient (Wildman–Crippen LogP) is 6.48. The minimum atomic E-state index is -0.690. The van der Waals surface area contributed by atoms with Crippen molar-refractivity contribution in [3.05, 3.63) is 35.5 Å². The molecule has 36 heavy (non-hydrogen) atoms. The average Bonchev–Trinajstić information content (AvgIpc) is 3.16. The van der Waals surface area contributed by atoms with Gasteiger partial charge in [-0.3, -0.25) is 0 Å². The minimum absolute atomic E-state index is 0.160. The van der Waals surface area contributed by atoms with Crippen molar-refractivity contribution in [1.29, 1.82) is 0 Å². The summed E-state index contributed by atoms with van der Waals surface area (Å²) >= 11 is 0. The van der Waals surface area contributed by atoms with Gasteiger partial charge in [0.05, 0.1) is 17.8 Å². The van der Waals surface area contributed by atoms with E-state index in [4.69, 9.17) is 5.11 Å². The van der Waals surface area contributed by atoms with Crippen molar-refractivity contribution in [2.24, 2.45) is 29.1 Å². The number of rotatable bonds is 11. The molecule has 4 nitrogen and oxygen atoms in total. The summed E-state index contributed by atoms with van der Waals surface area (Å²) < 4.78 is 0. The van der Waals surface area contributed by atoms with Gasteiger partial charge < -0.3 is 20.4 Å². The highest BCUT2D eigenvalue weighted by Gasteiger charge is 2.50. The summed E-state index contributed by atoms with van der Waals surface area (Å²) in [5, 5.41) is 40.8. The van der Waals surface area contributed by atoms with E-state index in [9.17, 15) is 15.3 Å². The fraction of sp³-hybridized carbons (Fsp3) is 0.812. The van der Waals surface area contributed by atoms with Gasteiger partial charge in [-0.1, -0.05) is 63.8 Å². The number of fused-ring (bicyclic) bond motifs is 1. The Hall–Kier alpha value is -0.940. The van der Waals surface area contributed by atoms with Gasteiger partial charge in [-0.2, -0.15) is 0 Å². The summed E-state index contributed by atoms with van der Waals surface area (Å²) in [6.45, 7) is 13.2. The zero-order valence-corrected chi connectivity index (χ0v) is 23.5. The van der Waals surface area contributed by atoms with Crippen LogP contribution in [0.15, 0.2) is 35.5 Å². The van der Waals surface area contributed by atoms with Gasteiger partial charge in [0.2, 0.25) is 0 Å². The van der Waals surface area contributed by atoms with Gasteiger partial charge in [0, 0.05) is 12.5 Å². The van der Waals surface area contributed by atoms with Crippen LogP contribution in [-0.4, -0.2) is 44.8 Å². The molecule has 206 valence electrons. The summed E-state index contributed by atoms with van der Waals surface area (Å²) in [6.07, 6.45) is 16.6. The van der Waals surface area contributed by atoms with Crippen molar-refractivity contribution in [2.75, 3.05) is 6.61 Å². The van der Waals surface area contributed by atoms with Crippen molar-refractivity contribution in [2.45, 2.75) is 129 Å². The van der Waals surface area contributed by atoms with E-state index >= 15 is 0 Å². The van der Waals surface area contributed by atoms with Crippen molar-refractivity contribution < 1.29 is 20.4 Å². The molecule has 0 spiro atoms. The van der Waals surface area contributed by atoms with Crippen LogP contribution in [0.5, 0.6) is 0 Å². The van der Waals surface area contributed by atoms with Gasteiger partial charge in [0.15, 0.2) is 0 Å². The number of aliphatic hydroxyl groups is 4. The molecule has 3 rings (SSSR count). The summed E-state index contributed by atoms with van der Waals surface area (Å²) in [6, 6.07) is 0. The van der Waals surface area contributed by atoms with Crippen LogP contribution in [-0.2, 0) is 0 Å². The van der Waals surface area contributed by atoms with Crippen LogP contribution in [0.3, 0.4) is 0 Å². The van der Waals surface area contributed by atoms with E-state index in [1.807, 2.05) is 13.8 Å². The lowest BCUT2D eigenvalue weighted by molar-refractivity contribution is 0.0128. The summed E-state index contributed by atoms with van der Waals surface area (Å²) in [5.41, 5.74) is 3.09. The largest absolute Gasteiger partial charge is 0.396 e. The first-order valence-electron chi connectivity index (χ1n) is 14.8. The molecule has 0 aromatic carbocycles. The third-order valence-corrected chi connectivity index (χ3v) is 9.97. The van der Waals surface area contributed by atoms with E-state index in [0.717, 1.165) is 62.0 Å². The number of aliphatic hydroxyl groups excluding tert-OH is 3. The minimum Gasteiger partial charge on any atom is -0.396 e. The Morgan fingerprint density at radius 2 is 1.86 bits per heavy atom. The predicted molar refractivity (Wildman–Crippen MR) is 148 cm³/mol. The van der Waals surface area contributed by atoms with Crippen molar-refractivity contribution in [3.63, 3.8) is 0 Å². The van der Waals surface area contributed by atoms with Gasteiger partial charge >= 0.3 is 0 Å².